The normalized spacial score (nSPS) is 14.4. The number of nitrogens with zero attached hydrogens (tertiary/aromatic N) is 3. The summed E-state index contributed by atoms with van der Waals surface area (Å²) in [4.78, 5) is 24.9. The van der Waals surface area contributed by atoms with Gasteiger partial charge in [0.25, 0.3) is 5.91 Å². The number of aromatic nitrogens is 3. The van der Waals surface area contributed by atoms with Crippen LogP contribution < -0.4 is 0 Å². The third-order valence-corrected chi connectivity index (χ3v) is 2.49. The summed E-state index contributed by atoms with van der Waals surface area (Å²) in [5, 5.41) is 9.68. The monoisotopic (exact) mass is 238 g/mol. The van der Waals surface area contributed by atoms with Crippen molar-refractivity contribution >= 4 is 11.9 Å². The number of aromatic amines is 1. The largest absolute Gasteiger partial charge is 0.465 e. The molecule has 0 aliphatic heterocycles. The molecule has 1 saturated carbocycles. The number of hydrogen-bond donors (Lipinski definition) is 1. The van der Waals surface area contributed by atoms with Gasteiger partial charge in [-0.2, -0.15) is 15.4 Å². The molecule has 2 rings (SSSR count). The molecule has 1 aliphatic carbocycles. The predicted molar refractivity (Wildman–Crippen MR) is 57.1 cm³/mol. The lowest BCUT2D eigenvalue weighted by molar-refractivity contribution is -0.144. The highest BCUT2D eigenvalue weighted by Gasteiger charge is 2.35. The second kappa shape index (κ2) is 4.94. The Morgan fingerprint density at radius 3 is 2.88 bits per heavy atom. The molecule has 0 radical (unpaired) electrons. The van der Waals surface area contributed by atoms with E-state index in [1.807, 2.05) is 0 Å². The first-order chi connectivity index (χ1) is 8.22. The highest BCUT2D eigenvalue weighted by atomic mass is 16.5. The van der Waals surface area contributed by atoms with Gasteiger partial charge in [-0.05, 0) is 19.8 Å². The van der Waals surface area contributed by atoms with Crippen molar-refractivity contribution in [2.45, 2.75) is 25.8 Å². The SMILES string of the molecule is CCOC(=O)CN(C(=O)c1cn[nH]n1)C1CC1. The summed E-state index contributed by atoms with van der Waals surface area (Å²) >= 11 is 0. The van der Waals surface area contributed by atoms with Crippen molar-refractivity contribution in [3.05, 3.63) is 11.9 Å². The molecule has 1 aromatic heterocycles. The van der Waals surface area contributed by atoms with Gasteiger partial charge in [-0.3, -0.25) is 9.59 Å². The van der Waals surface area contributed by atoms with Crippen LogP contribution in [0.1, 0.15) is 30.3 Å². The van der Waals surface area contributed by atoms with Gasteiger partial charge in [0.05, 0.1) is 12.8 Å². The molecular weight excluding hydrogens is 224 g/mol. The lowest BCUT2D eigenvalue weighted by Crippen LogP contribution is -2.38. The fourth-order valence-corrected chi connectivity index (χ4v) is 1.55. The Morgan fingerprint density at radius 2 is 2.35 bits per heavy atom. The van der Waals surface area contributed by atoms with Crippen molar-refractivity contribution in [3.8, 4) is 0 Å². The van der Waals surface area contributed by atoms with E-state index in [9.17, 15) is 9.59 Å². The molecule has 0 saturated heterocycles. The zero-order valence-corrected chi connectivity index (χ0v) is 9.55. The quantitative estimate of drug-likeness (QED) is 0.728. The Bertz CT molecular complexity index is 400. The molecule has 0 aromatic carbocycles. The molecule has 1 heterocycles. The summed E-state index contributed by atoms with van der Waals surface area (Å²) in [6.45, 7) is 2.03. The fourth-order valence-electron chi connectivity index (χ4n) is 1.55. The molecule has 7 nitrogen and oxygen atoms in total. The third kappa shape index (κ3) is 2.80. The standard InChI is InChI=1S/C10H14N4O3/c1-2-17-9(15)6-14(7-3-4-7)10(16)8-5-11-13-12-8/h5,7H,2-4,6H2,1H3,(H,11,12,13). The van der Waals surface area contributed by atoms with Gasteiger partial charge in [0.15, 0.2) is 5.69 Å². The number of nitrogens with one attached hydrogen (secondary N) is 1. The first-order valence-corrected chi connectivity index (χ1v) is 5.54. The fraction of sp³-hybridized carbons (Fsp3) is 0.600. The number of hydrogen-bond acceptors (Lipinski definition) is 5. The molecule has 1 N–H and O–H groups in total. The Morgan fingerprint density at radius 1 is 1.59 bits per heavy atom. The van der Waals surface area contributed by atoms with Gasteiger partial charge in [0, 0.05) is 6.04 Å². The molecule has 92 valence electrons. The number of H-pyrrole nitrogens is 1. The van der Waals surface area contributed by atoms with Gasteiger partial charge >= 0.3 is 5.97 Å². The van der Waals surface area contributed by atoms with Gasteiger partial charge in [0.2, 0.25) is 0 Å². The summed E-state index contributed by atoms with van der Waals surface area (Å²) in [6, 6.07) is 0.128. The van der Waals surface area contributed by atoms with E-state index >= 15 is 0 Å². The number of esters is 1. The van der Waals surface area contributed by atoms with Crippen LogP contribution >= 0.6 is 0 Å². The lowest BCUT2D eigenvalue weighted by Gasteiger charge is -2.19. The van der Waals surface area contributed by atoms with Crippen molar-refractivity contribution in [1.82, 2.24) is 20.3 Å². The van der Waals surface area contributed by atoms with E-state index in [0.717, 1.165) is 12.8 Å². The van der Waals surface area contributed by atoms with Crippen molar-refractivity contribution in [3.63, 3.8) is 0 Å². The number of rotatable bonds is 5. The van der Waals surface area contributed by atoms with Crippen molar-refractivity contribution in [2.24, 2.45) is 0 Å². The highest BCUT2D eigenvalue weighted by Crippen LogP contribution is 2.27. The van der Waals surface area contributed by atoms with Crippen LogP contribution in [0.25, 0.3) is 0 Å². The highest BCUT2D eigenvalue weighted by molar-refractivity contribution is 5.94. The van der Waals surface area contributed by atoms with Gasteiger partial charge in [-0.15, -0.1) is 0 Å². The van der Waals surface area contributed by atoms with E-state index in [-0.39, 0.29) is 24.2 Å². The third-order valence-electron chi connectivity index (χ3n) is 2.49. The van der Waals surface area contributed by atoms with Crippen LogP contribution in [0, 0.1) is 0 Å². The van der Waals surface area contributed by atoms with Crippen molar-refractivity contribution < 1.29 is 14.3 Å². The maximum atomic E-state index is 12.0. The van der Waals surface area contributed by atoms with Crippen LogP contribution in [-0.4, -0.2) is 51.4 Å². The van der Waals surface area contributed by atoms with Gasteiger partial charge < -0.3 is 9.64 Å². The number of amides is 1. The molecule has 0 atom stereocenters. The molecule has 17 heavy (non-hydrogen) atoms. The van der Waals surface area contributed by atoms with Crippen LogP contribution in [0.5, 0.6) is 0 Å². The topological polar surface area (TPSA) is 88.2 Å². The molecule has 1 aliphatic rings. The van der Waals surface area contributed by atoms with Gasteiger partial charge in [-0.1, -0.05) is 0 Å². The summed E-state index contributed by atoms with van der Waals surface area (Å²) < 4.78 is 4.84. The maximum Gasteiger partial charge on any atom is 0.325 e. The van der Waals surface area contributed by atoms with E-state index in [4.69, 9.17) is 4.74 Å². The lowest BCUT2D eigenvalue weighted by atomic mass is 10.3. The molecule has 7 heteroatoms. The molecule has 0 bridgehead atoms. The molecular formula is C10H14N4O3. The van der Waals surface area contributed by atoms with E-state index in [0.29, 0.717) is 6.61 Å². The average molecular weight is 238 g/mol. The van der Waals surface area contributed by atoms with E-state index in [1.165, 1.54) is 11.1 Å². The first kappa shape index (κ1) is 11.6. The van der Waals surface area contributed by atoms with Crippen LogP contribution in [0.2, 0.25) is 0 Å². The molecule has 1 fully saturated rings. The Balaban J connectivity index is 2.02. The first-order valence-electron chi connectivity index (χ1n) is 5.54. The van der Waals surface area contributed by atoms with Crippen LogP contribution in [0.15, 0.2) is 6.20 Å². The van der Waals surface area contributed by atoms with Gasteiger partial charge in [0.1, 0.15) is 6.54 Å². The molecule has 1 amide bonds. The van der Waals surface area contributed by atoms with Crippen LogP contribution in [-0.2, 0) is 9.53 Å². The second-order valence-electron chi connectivity index (χ2n) is 3.82. The molecule has 1 aromatic rings. The van der Waals surface area contributed by atoms with E-state index in [1.54, 1.807) is 6.92 Å². The molecule has 0 spiro atoms. The Hall–Kier alpha value is -1.92. The smallest absolute Gasteiger partial charge is 0.325 e. The summed E-state index contributed by atoms with van der Waals surface area (Å²) in [5.74, 6) is -0.675. The van der Waals surface area contributed by atoms with Crippen LogP contribution in [0.4, 0.5) is 0 Å². The summed E-state index contributed by atoms with van der Waals surface area (Å²) in [5.41, 5.74) is 0.223. The van der Waals surface area contributed by atoms with Crippen LogP contribution in [0.3, 0.4) is 0 Å². The minimum absolute atomic E-state index is 0.0236. The summed E-state index contributed by atoms with van der Waals surface area (Å²) in [7, 11) is 0. The number of carbonyl (C=O) groups is 2. The van der Waals surface area contributed by atoms with Gasteiger partial charge in [-0.25, -0.2) is 0 Å². The minimum atomic E-state index is -0.392. The Kier molecular flexibility index (Phi) is 3.36. The van der Waals surface area contributed by atoms with Crippen molar-refractivity contribution in [1.29, 1.82) is 0 Å². The molecule has 0 unspecified atom stereocenters. The Labute approximate surface area is 98.1 Å². The zero-order valence-electron chi connectivity index (χ0n) is 9.55. The van der Waals surface area contributed by atoms with E-state index < -0.39 is 5.97 Å². The average Bonchev–Trinajstić information content (AvgIpc) is 3.00. The maximum absolute atomic E-state index is 12.0. The number of ether oxygens (including phenoxy) is 1. The number of carbonyl (C=O) groups excluding carboxylic acids is 2. The van der Waals surface area contributed by atoms with Crippen molar-refractivity contribution in [2.75, 3.05) is 13.2 Å². The predicted octanol–water partition coefficient (Wildman–Crippen LogP) is -0.0276. The minimum Gasteiger partial charge on any atom is -0.465 e. The second-order valence-corrected chi connectivity index (χ2v) is 3.82. The zero-order chi connectivity index (χ0) is 12.3. The van der Waals surface area contributed by atoms with E-state index in [2.05, 4.69) is 15.4 Å². The summed E-state index contributed by atoms with van der Waals surface area (Å²) in [6.07, 6.45) is 3.19.